The van der Waals surface area contributed by atoms with Crippen LogP contribution >= 0.6 is 18.6 Å². The van der Waals surface area contributed by atoms with E-state index in [1.54, 1.807) is 20.8 Å². The predicted molar refractivity (Wildman–Crippen MR) is 90.5 cm³/mol. The van der Waals surface area contributed by atoms with Gasteiger partial charge in [-0.2, -0.15) is 0 Å². The van der Waals surface area contributed by atoms with Gasteiger partial charge in [0.15, 0.2) is 0 Å². The van der Waals surface area contributed by atoms with Crippen molar-refractivity contribution in [3.05, 3.63) is 11.3 Å². The Labute approximate surface area is 147 Å². The molecule has 0 amide bonds. The topological polar surface area (TPSA) is 61.8 Å². The molecule has 0 aromatic rings. The van der Waals surface area contributed by atoms with Crippen molar-refractivity contribution in [1.29, 1.82) is 0 Å². The molecule has 0 saturated carbocycles. The monoisotopic (exact) mass is 538 g/mol. The van der Waals surface area contributed by atoms with E-state index in [1.165, 1.54) is 15.1 Å². The van der Waals surface area contributed by atoms with Gasteiger partial charge in [0.2, 0.25) is 0 Å². The van der Waals surface area contributed by atoms with Gasteiger partial charge in [-0.3, -0.25) is 0 Å². The number of nitrogens with zero attached hydrogens (tertiary/aromatic N) is 2. The molecule has 0 radical (unpaired) electrons. The van der Waals surface area contributed by atoms with Crippen molar-refractivity contribution in [1.82, 2.24) is 9.62 Å². The molecular weight excluding hydrogens is 516 g/mol. The van der Waals surface area contributed by atoms with Crippen molar-refractivity contribution in [2.75, 3.05) is 6.54 Å². The summed E-state index contributed by atoms with van der Waals surface area (Å²) in [5.74, 6) is 0. The SMILES string of the molecule is CC1=C2CC(NS(=O)(=O)C(C)(C)C)CN2C([I-]I)=NC1C. The van der Waals surface area contributed by atoms with Crippen LogP contribution < -0.4 is 22.0 Å². The van der Waals surface area contributed by atoms with Crippen LogP contribution in [0.1, 0.15) is 41.0 Å². The zero-order chi connectivity index (χ0) is 16.0. The van der Waals surface area contributed by atoms with Gasteiger partial charge in [-0.05, 0) is 0 Å². The summed E-state index contributed by atoms with van der Waals surface area (Å²) in [5, 5.41) is 0. The second kappa shape index (κ2) is 6.23. The van der Waals surface area contributed by atoms with Gasteiger partial charge in [0, 0.05) is 0 Å². The minimum absolute atomic E-state index is 0.0540. The Morgan fingerprint density at radius 1 is 1.43 bits per heavy atom. The van der Waals surface area contributed by atoms with E-state index in [1.807, 2.05) is 0 Å². The molecule has 1 fully saturated rings. The zero-order valence-corrected chi connectivity index (χ0v) is 18.1. The molecule has 1 saturated heterocycles. The summed E-state index contributed by atoms with van der Waals surface area (Å²) in [6, 6.07) is 0.167. The fourth-order valence-corrected chi connectivity index (χ4v) is 6.76. The van der Waals surface area contributed by atoms with Gasteiger partial charge in [-0.25, -0.2) is 0 Å². The van der Waals surface area contributed by atoms with Gasteiger partial charge in [-0.1, -0.05) is 0 Å². The Morgan fingerprint density at radius 2 is 2.05 bits per heavy atom. The van der Waals surface area contributed by atoms with Crippen LogP contribution in [0.2, 0.25) is 0 Å². The van der Waals surface area contributed by atoms with Crippen LogP contribution in [0.5, 0.6) is 0 Å². The first-order chi connectivity index (χ1) is 9.56. The number of fused-ring (bicyclic) bond motifs is 1. The van der Waals surface area contributed by atoms with E-state index in [0.29, 0.717) is 6.54 Å². The molecule has 2 rings (SSSR count). The number of aliphatic imine (C=N–C) groups is 1. The maximum absolute atomic E-state index is 12.3. The van der Waals surface area contributed by atoms with E-state index < -0.39 is 14.8 Å². The van der Waals surface area contributed by atoms with Crippen molar-refractivity contribution in [2.45, 2.75) is 57.9 Å². The summed E-state index contributed by atoms with van der Waals surface area (Å²) in [6.45, 7) is 10.1. The van der Waals surface area contributed by atoms with E-state index in [2.05, 4.69) is 42.1 Å². The van der Waals surface area contributed by atoms with E-state index in [0.717, 1.165) is 6.42 Å². The molecule has 2 atom stereocenters. The summed E-state index contributed by atoms with van der Waals surface area (Å²) < 4.78 is 28.0. The van der Waals surface area contributed by atoms with Crippen LogP contribution in [0.3, 0.4) is 0 Å². The fraction of sp³-hybridized carbons (Fsp3) is 0.769. The molecule has 21 heavy (non-hydrogen) atoms. The standard InChI is InChI=1S/C13H22I2N3O2S/c1-8-9(2)16-12(15-14)18-7-10(6-11(8)18)17-21(19,20)13(3,4)5/h9-10,17H,6-7H2,1-5H3/q-1. The first kappa shape index (κ1) is 17.9. The van der Waals surface area contributed by atoms with Gasteiger partial charge < -0.3 is 0 Å². The molecular formula is C13H22I2N3O2S-. The Bertz CT molecular complexity index is 593. The molecule has 0 aliphatic carbocycles. The zero-order valence-electron chi connectivity index (χ0n) is 12.9. The maximum atomic E-state index is 12.3. The van der Waals surface area contributed by atoms with Crippen LogP contribution in [-0.4, -0.2) is 40.5 Å². The Hall–Kier alpha value is 0.580. The van der Waals surface area contributed by atoms with Crippen LogP contribution in [0.4, 0.5) is 0 Å². The predicted octanol–water partition coefficient (Wildman–Crippen LogP) is -0.750. The van der Waals surface area contributed by atoms with Gasteiger partial charge in [0.25, 0.3) is 0 Å². The summed E-state index contributed by atoms with van der Waals surface area (Å²) in [7, 11) is -3.31. The average molecular weight is 538 g/mol. The number of hydrogen-bond acceptors (Lipinski definition) is 4. The van der Waals surface area contributed by atoms with Crippen LogP contribution in [-0.2, 0) is 10.0 Å². The Morgan fingerprint density at radius 3 is 2.57 bits per heavy atom. The third-order valence-electron chi connectivity index (χ3n) is 3.97. The molecule has 0 spiro atoms. The molecule has 0 aromatic carbocycles. The van der Waals surface area contributed by atoms with E-state index in [9.17, 15) is 8.42 Å². The molecule has 122 valence electrons. The van der Waals surface area contributed by atoms with Crippen molar-refractivity contribution in [2.24, 2.45) is 4.99 Å². The van der Waals surface area contributed by atoms with Gasteiger partial charge >= 0.3 is 148 Å². The van der Waals surface area contributed by atoms with Crippen LogP contribution in [0, 0.1) is 0 Å². The molecule has 0 bridgehead atoms. The summed E-state index contributed by atoms with van der Waals surface area (Å²) in [4.78, 5) is 6.99. The Kier molecular flexibility index (Phi) is 5.32. The molecule has 2 heterocycles. The van der Waals surface area contributed by atoms with Crippen molar-refractivity contribution in [3.8, 4) is 0 Å². The second-order valence-electron chi connectivity index (χ2n) is 6.52. The number of nitrogens with one attached hydrogen (secondary N) is 1. The second-order valence-corrected chi connectivity index (χ2v) is 13.1. The van der Waals surface area contributed by atoms with Crippen LogP contribution in [0.25, 0.3) is 0 Å². The molecule has 1 N–H and O–H groups in total. The summed E-state index contributed by atoms with van der Waals surface area (Å²) >= 11 is 2.29. The average Bonchev–Trinajstić information content (AvgIpc) is 2.75. The number of hydrogen-bond donors (Lipinski definition) is 1. The number of halogens is 2. The van der Waals surface area contributed by atoms with Crippen molar-refractivity contribution < 1.29 is 25.6 Å². The van der Waals surface area contributed by atoms with Crippen LogP contribution in [0.15, 0.2) is 16.3 Å². The summed E-state index contributed by atoms with van der Waals surface area (Å²) in [5.41, 5.74) is 2.54. The van der Waals surface area contributed by atoms with Gasteiger partial charge in [0.1, 0.15) is 0 Å². The molecule has 2 aliphatic rings. The first-order valence-corrected chi connectivity index (χ1v) is 15.7. The van der Waals surface area contributed by atoms with E-state index >= 15 is 0 Å². The molecule has 0 aromatic heterocycles. The van der Waals surface area contributed by atoms with Gasteiger partial charge in [-0.15, -0.1) is 0 Å². The van der Waals surface area contributed by atoms with E-state index in [4.69, 9.17) is 4.99 Å². The normalized spacial score (nSPS) is 27.1. The minimum atomic E-state index is -3.31. The summed E-state index contributed by atoms with van der Waals surface area (Å²) in [6.07, 6.45) is 0.769. The molecule has 5 nitrogen and oxygen atoms in total. The quantitative estimate of drug-likeness (QED) is 0.381. The molecule has 2 unspecified atom stereocenters. The third-order valence-corrected chi connectivity index (χ3v) is 9.89. The van der Waals surface area contributed by atoms with Gasteiger partial charge in [0.05, 0.1) is 0 Å². The molecule has 8 heteroatoms. The number of sulfonamides is 1. The number of amidine groups is 1. The van der Waals surface area contributed by atoms with Crippen molar-refractivity contribution >= 4 is 32.5 Å². The van der Waals surface area contributed by atoms with E-state index in [-0.39, 0.29) is 29.3 Å². The third kappa shape index (κ3) is 3.57. The fourth-order valence-electron chi connectivity index (χ4n) is 2.40. The Balaban J connectivity index is 2.22. The number of rotatable bonds is 3. The van der Waals surface area contributed by atoms with Crippen molar-refractivity contribution in [3.63, 3.8) is 0 Å². The first-order valence-electron chi connectivity index (χ1n) is 6.89. The molecule has 2 aliphatic heterocycles.